The molecule has 5 heteroatoms. The number of rotatable bonds is 3. The van der Waals surface area contributed by atoms with Crippen molar-refractivity contribution in [3.8, 4) is 0 Å². The minimum absolute atomic E-state index is 0.663. The molecule has 0 heterocycles. The molecule has 1 aromatic rings. The molecule has 5 nitrogen and oxygen atoms in total. The second-order valence-corrected chi connectivity index (χ2v) is 3.61. The van der Waals surface area contributed by atoms with Crippen molar-refractivity contribution >= 4 is 17.4 Å². The average Bonchev–Trinajstić information content (AvgIpc) is 2.26. The summed E-state index contributed by atoms with van der Waals surface area (Å²) in [5, 5.41) is 3.85. The smallest absolute Gasteiger partial charge is 0.332 e. The summed E-state index contributed by atoms with van der Waals surface area (Å²) in [5.41, 5.74) is 9.88. The zero-order chi connectivity index (χ0) is 12.1. The van der Waals surface area contributed by atoms with Gasteiger partial charge in [0.15, 0.2) is 0 Å². The van der Waals surface area contributed by atoms with Crippen LogP contribution in [0.1, 0.15) is 12.5 Å². The standard InChI is InChI=1S/C11H16N4O/c1-8(13-14-11(12)16)9-4-6-10(7-5-9)15(2)3/h4-7H,1-3H3,(H3,12,14,16)/b13-8-. The van der Waals surface area contributed by atoms with Gasteiger partial charge in [-0.05, 0) is 24.6 Å². The number of hydrogen-bond donors (Lipinski definition) is 2. The summed E-state index contributed by atoms with van der Waals surface area (Å²) < 4.78 is 0. The molecule has 0 unspecified atom stereocenters. The van der Waals surface area contributed by atoms with E-state index in [9.17, 15) is 4.79 Å². The zero-order valence-electron chi connectivity index (χ0n) is 9.69. The van der Waals surface area contributed by atoms with Crippen molar-refractivity contribution in [2.24, 2.45) is 10.8 Å². The van der Waals surface area contributed by atoms with Gasteiger partial charge in [-0.15, -0.1) is 0 Å². The van der Waals surface area contributed by atoms with Gasteiger partial charge in [0, 0.05) is 19.8 Å². The summed E-state index contributed by atoms with van der Waals surface area (Å²) in [5.74, 6) is 0. The Kier molecular flexibility index (Phi) is 3.88. The van der Waals surface area contributed by atoms with Crippen LogP contribution in [0.4, 0.5) is 10.5 Å². The first-order valence-corrected chi connectivity index (χ1v) is 4.88. The second kappa shape index (κ2) is 5.16. The predicted molar refractivity (Wildman–Crippen MR) is 65.7 cm³/mol. The Balaban J connectivity index is 2.81. The third-order valence-electron chi connectivity index (χ3n) is 2.14. The number of carbonyl (C=O) groups is 1. The summed E-state index contributed by atoms with van der Waals surface area (Å²) in [6, 6.07) is 7.19. The molecule has 86 valence electrons. The topological polar surface area (TPSA) is 70.7 Å². The van der Waals surface area contributed by atoms with Crippen LogP contribution in [0.5, 0.6) is 0 Å². The molecule has 0 aliphatic heterocycles. The number of primary amides is 1. The Morgan fingerprint density at radius 2 is 1.88 bits per heavy atom. The minimum atomic E-state index is -0.663. The maximum Gasteiger partial charge on any atom is 0.332 e. The van der Waals surface area contributed by atoms with Crippen molar-refractivity contribution in [1.82, 2.24) is 5.43 Å². The highest BCUT2D eigenvalue weighted by Gasteiger charge is 1.99. The van der Waals surface area contributed by atoms with Gasteiger partial charge in [-0.2, -0.15) is 5.10 Å². The highest BCUT2D eigenvalue weighted by atomic mass is 16.2. The number of carbonyl (C=O) groups excluding carboxylic acids is 1. The van der Waals surface area contributed by atoms with E-state index in [4.69, 9.17) is 5.73 Å². The molecule has 1 rings (SSSR count). The maximum absolute atomic E-state index is 10.5. The predicted octanol–water partition coefficient (Wildman–Crippen LogP) is 1.14. The molecular weight excluding hydrogens is 204 g/mol. The van der Waals surface area contributed by atoms with E-state index in [1.54, 1.807) is 6.92 Å². The molecule has 0 bridgehead atoms. The van der Waals surface area contributed by atoms with E-state index in [2.05, 4.69) is 10.5 Å². The molecular formula is C11H16N4O. The number of hydrogen-bond acceptors (Lipinski definition) is 3. The van der Waals surface area contributed by atoms with E-state index in [0.717, 1.165) is 11.3 Å². The van der Waals surface area contributed by atoms with Crippen LogP contribution in [0.3, 0.4) is 0 Å². The number of anilines is 1. The second-order valence-electron chi connectivity index (χ2n) is 3.61. The quantitative estimate of drug-likeness (QED) is 0.592. The van der Waals surface area contributed by atoms with Crippen LogP contribution >= 0.6 is 0 Å². The number of nitrogens with zero attached hydrogens (tertiary/aromatic N) is 2. The highest BCUT2D eigenvalue weighted by molar-refractivity contribution is 5.99. The van der Waals surface area contributed by atoms with Crippen molar-refractivity contribution < 1.29 is 4.79 Å². The molecule has 2 amide bonds. The largest absolute Gasteiger partial charge is 0.378 e. The molecule has 0 saturated carbocycles. The van der Waals surface area contributed by atoms with Crippen LogP contribution in [0.2, 0.25) is 0 Å². The van der Waals surface area contributed by atoms with Crippen molar-refractivity contribution in [2.75, 3.05) is 19.0 Å². The molecule has 0 aliphatic rings. The Labute approximate surface area is 94.9 Å². The lowest BCUT2D eigenvalue weighted by Crippen LogP contribution is -2.25. The first kappa shape index (κ1) is 12.0. The number of nitrogens with one attached hydrogen (secondary N) is 1. The number of benzene rings is 1. The molecule has 1 aromatic carbocycles. The molecule has 0 aromatic heterocycles. The Morgan fingerprint density at radius 1 is 1.31 bits per heavy atom. The molecule has 0 atom stereocenters. The normalized spacial score (nSPS) is 11.1. The SMILES string of the molecule is C/C(=N/NC(N)=O)c1ccc(N(C)C)cc1. The van der Waals surface area contributed by atoms with Crippen LogP contribution in [0.15, 0.2) is 29.4 Å². The lowest BCUT2D eigenvalue weighted by Gasteiger charge is -2.12. The summed E-state index contributed by atoms with van der Waals surface area (Å²) in [4.78, 5) is 12.5. The maximum atomic E-state index is 10.5. The van der Waals surface area contributed by atoms with Crippen molar-refractivity contribution in [3.05, 3.63) is 29.8 Å². The van der Waals surface area contributed by atoms with Gasteiger partial charge in [0.25, 0.3) is 0 Å². The summed E-state index contributed by atoms with van der Waals surface area (Å²) in [6.45, 7) is 1.81. The molecule has 0 spiro atoms. The number of hydrazone groups is 1. The van der Waals surface area contributed by atoms with E-state index in [0.29, 0.717) is 5.71 Å². The number of nitrogens with two attached hydrogens (primary N) is 1. The van der Waals surface area contributed by atoms with E-state index in [-0.39, 0.29) is 0 Å². The lowest BCUT2D eigenvalue weighted by atomic mass is 10.1. The first-order valence-electron chi connectivity index (χ1n) is 4.88. The van der Waals surface area contributed by atoms with E-state index >= 15 is 0 Å². The van der Waals surface area contributed by atoms with Crippen LogP contribution in [0.25, 0.3) is 0 Å². The van der Waals surface area contributed by atoms with E-state index < -0.39 is 6.03 Å². The van der Waals surface area contributed by atoms with Gasteiger partial charge >= 0.3 is 6.03 Å². The third-order valence-corrected chi connectivity index (χ3v) is 2.14. The van der Waals surface area contributed by atoms with E-state index in [1.165, 1.54) is 0 Å². The zero-order valence-corrected chi connectivity index (χ0v) is 9.69. The minimum Gasteiger partial charge on any atom is -0.378 e. The fourth-order valence-electron chi connectivity index (χ4n) is 1.20. The van der Waals surface area contributed by atoms with Crippen molar-refractivity contribution in [1.29, 1.82) is 0 Å². The Hall–Kier alpha value is -2.04. The monoisotopic (exact) mass is 220 g/mol. The first-order chi connectivity index (χ1) is 7.50. The van der Waals surface area contributed by atoms with Crippen LogP contribution < -0.4 is 16.1 Å². The highest BCUT2D eigenvalue weighted by Crippen LogP contribution is 2.12. The van der Waals surface area contributed by atoms with Crippen LogP contribution in [-0.4, -0.2) is 25.8 Å². The van der Waals surface area contributed by atoms with Crippen molar-refractivity contribution in [3.63, 3.8) is 0 Å². The van der Waals surface area contributed by atoms with E-state index in [1.807, 2.05) is 43.3 Å². The molecule has 0 radical (unpaired) electrons. The molecule has 16 heavy (non-hydrogen) atoms. The molecule has 0 saturated heterocycles. The molecule has 3 N–H and O–H groups in total. The van der Waals surface area contributed by atoms with Gasteiger partial charge < -0.3 is 10.6 Å². The summed E-state index contributed by atoms with van der Waals surface area (Å²) in [6.07, 6.45) is 0. The Bertz CT molecular complexity index is 395. The number of amides is 2. The summed E-state index contributed by atoms with van der Waals surface area (Å²) >= 11 is 0. The van der Waals surface area contributed by atoms with Gasteiger partial charge in [0.05, 0.1) is 5.71 Å². The van der Waals surface area contributed by atoms with Gasteiger partial charge in [-0.1, -0.05) is 12.1 Å². The third kappa shape index (κ3) is 3.27. The number of urea groups is 1. The van der Waals surface area contributed by atoms with Gasteiger partial charge in [-0.25, -0.2) is 10.2 Å². The lowest BCUT2D eigenvalue weighted by molar-refractivity contribution is 0.249. The van der Waals surface area contributed by atoms with Crippen molar-refractivity contribution in [2.45, 2.75) is 6.92 Å². The van der Waals surface area contributed by atoms with Crippen LogP contribution in [-0.2, 0) is 0 Å². The van der Waals surface area contributed by atoms with Gasteiger partial charge in [0.1, 0.15) is 0 Å². The summed E-state index contributed by atoms with van der Waals surface area (Å²) in [7, 11) is 3.95. The van der Waals surface area contributed by atoms with Gasteiger partial charge in [0.2, 0.25) is 0 Å². The molecule has 0 aliphatic carbocycles. The fraction of sp³-hybridized carbons (Fsp3) is 0.273. The average molecular weight is 220 g/mol. The fourth-order valence-corrected chi connectivity index (χ4v) is 1.20. The van der Waals surface area contributed by atoms with Crippen LogP contribution in [0, 0.1) is 0 Å². The molecule has 0 fully saturated rings. The Morgan fingerprint density at radius 3 is 2.31 bits per heavy atom. The van der Waals surface area contributed by atoms with Gasteiger partial charge in [-0.3, -0.25) is 0 Å².